The summed E-state index contributed by atoms with van der Waals surface area (Å²) in [7, 11) is 0. The normalized spacial score (nSPS) is 20.6. The van der Waals surface area contributed by atoms with E-state index < -0.39 is 11.2 Å². The third-order valence-corrected chi connectivity index (χ3v) is 4.58. The maximum atomic E-state index is 13.3. The van der Waals surface area contributed by atoms with Gasteiger partial charge in [0.15, 0.2) is 0 Å². The zero-order valence-electron chi connectivity index (χ0n) is 11.6. The fourth-order valence-electron chi connectivity index (χ4n) is 3.26. The molecule has 2 aromatic rings. The fraction of sp³-hybridized carbons (Fsp3) is 0.278. The maximum Gasteiger partial charge on any atom is 0.141 e. The summed E-state index contributed by atoms with van der Waals surface area (Å²) < 4.78 is 13.3. The van der Waals surface area contributed by atoms with Crippen LogP contribution in [0.25, 0.3) is 0 Å². The Morgan fingerprint density at radius 3 is 2.81 bits per heavy atom. The van der Waals surface area contributed by atoms with Crippen LogP contribution in [0.1, 0.15) is 29.5 Å². The molecule has 1 atom stereocenters. The van der Waals surface area contributed by atoms with Gasteiger partial charge in [-0.1, -0.05) is 41.9 Å². The first-order valence-corrected chi connectivity index (χ1v) is 7.46. The number of aryl methyl sites for hydroxylation is 1. The Kier molecular flexibility index (Phi) is 3.69. The van der Waals surface area contributed by atoms with Crippen molar-refractivity contribution >= 4 is 11.6 Å². The number of halogens is 2. The summed E-state index contributed by atoms with van der Waals surface area (Å²) in [6.07, 6.45) is 3.42. The van der Waals surface area contributed by atoms with E-state index in [9.17, 15) is 9.65 Å². The highest BCUT2D eigenvalue weighted by Crippen LogP contribution is 2.39. The molecule has 2 aromatic carbocycles. The van der Waals surface area contributed by atoms with Crippen LogP contribution in [0.15, 0.2) is 42.5 Å². The number of nitrogens with zero attached hydrogens (tertiary/aromatic N) is 1. The third kappa shape index (κ3) is 2.54. The highest BCUT2D eigenvalue weighted by molar-refractivity contribution is 6.30. The number of rotatable bonds is 2. The van der Waals surface area contributed by atoms with E-state index in [4.69, 9.17) is 11.6 Å². The molecule has 0 N–H and O–H groups in total. The molecular formula is C18H15ClFN. The van der Waals surface area contributed by atoms with Crippen LogP contribution < -0.4 is 0 Å². The van der Waals surface area contributed by atoms with Gasteiger partial charge in [0.05, 0.1) is 16.5 Å². The lowest BCUT2D eigenvalue weighted by atomic mass is 9.68. The quantitative estimate of drug-likeness (QED) is 0.780. The Balaban J connectivity index is 2.02. The number of fused-ring (bicyclic) bond motifs is 1. The van der Waals surface area contributed by atoms with Gasteiger partial charge < -0.3 is 0 Å². The zero-order valence-corrected chi connectivity index (χ0v) is 12.3. The van der Waals surface area contributed by atoms with Crippen LogP contribution >= 0.6 is 11.6 Å². The standard InChI is InChI=1S/C18H15ClFN/c19-16-10-13(7-8-17(16)20)11-18(12-21)9-3-5-14-4-1-2-6-15(14)18/h1-2,4,6-8,10H,3,5,9,11H2. The minimum atomic E-state index is -0.532. The Bertz CT molecular complexity index is 719. The predicted molar refractivity (Wildman–Crippen MR) is 81.8 cm³/mol. The fourth-order valence-corrected chi connectivity index (χ4v) is 3.46. The molecule has 0 heterocycles. The highest BCUT2D eigenvalue weighted by Gasteiger charge is 2.36. The lowest BCUT2D eigenvalue weighted by molar-refractivity contribution is 0.450. The summed E-state index contributed by atoms with van der Waals surface area (Å²) in [6.45, 7) is 0. The van der Waals surface area contributed by atoms with Crippen molar-refractivity contribution in [2.45, 2.75) is 31.1 Å². The number of hydrogen-bond donors (Lipinski definition) is 0. The minimum absolute atomic E-state index is 0.115. The number of nitriles is 1. The van der Waals surface area contributed by atoms with Gasteiger partial charge in [0.1, 0.15) is 5.82 Å². The van der Waals surface area contributed by atoms with Crippen molar-refractivity contribution in [3.05, 3.63) is 70.0 Å². The van der Waals surface area contributed by atoms with Gasteiger partial charge in [0.25, 0.3) is 0 Å². The molecular weight excluding hydrogens is 285 g/mol. The first-order valence-electron chi connectivity index (χ1n) is 7.08. The van der Waals surface area contributed by atoms with E-state index in [0.717, 1.165) is 30.4 Å². The second-order valence-corrected chi connectivity index (χ2v) is 6.04. The first-order chi connectivity index (χ1) is 10.1. The van der Waals surface area contributed by atoms with Gasteiger partial charge >= 0.3 is 0 Å². The van der Waals surface area contributed by atoms with E-state index in [2.05, 4.69) is 12.1 Å². The molecule has 1 aliphatic rings. The largest absolute Gasteiger partial charge is 0.205 e. The molecule has 3 rings (SSSR count). The molecule has 21 heavy (non-hydrogen) atoms. The van der Waals surface area contributed by atoms with E-state index in [0.29, 0.717) is 6.42 Å². The van der Waals surface area contributed by atoms with E-state index in [1.165, 1.54) is 11.6 Å². The van der Waals surface area contributed by atoms with Gasteiger partial charge in [-0.2, -0.15) is 5.26 Å². The average Bonchev–Trinajstić information content (AvgIpc) is 2.51. The lowest BCUT2D eigenvalue weighted by Crippen LogP contribution is -2.31. The second-order valence-electron chi connectivity index (χ2n) is 5.63. The van der Waals surface area contributed by atoms with Crippen molar-refractivity contribution in [3.8, 4) is 6.07 Å². The molecule has 0 bridgehead atoms. The molecule has 0 aliphatic heterocycles. The van der Waals surface area contributed by atoms with Crippen LogP contribution in [0.2, 0.25) is 5.02 Å². The van der Waals surface area contributed by atoms with Crippen molar-refractivity contribution in [2.75, 3.05) is 0 Å². The van der Waals surface area contributed by atoms with Crippen LogP contribution in [0.3, 0.4) is 0 Å². The molecule has 1 unspecified atom stereocenters. The minimum Gasteiger partial charge on any atom is -0.205 e. The lowest BCUT2D eigenvalue weighted by Gasteiger charge is -2.33. The molecule has 106 valence electrons. The second kappa shape index (κ2) is 5.50. The molecule has 0 saturated carbocycles. The van der Waals surface area contributed by atoms with Gasteiger partial charge in [0, 0.05) is 0 Å². The van der Waals surface area contributed by atoms with E-state index in [-0.39, 0.29) is 5.02 Å². The monoisotopic (exact) mass is 299 g/mol. The smallest absolute Gasteiger partial charge is 0.141 e. The van der Waals surface area contributed by atoms with Gasteiger partial charge in [-0.05, 0) is 54.5 Å². The molecule has 1 nitrogen and oxygen atoms in total. The molecule has 0 saturated heterocycles. The van der Waals surface area contributed by atoms with Gasteiger partial charge in [-0.15, -0.1) is 0 Å². The summed E-state index contributed by atoms with van der Waals surface area (Å²) in [6, 6.07) is 15.4. The molecule has 1 aliphatic carbocycles. The first kappa shape index (κ1) is 14.1. The maximum absolute atomic E-state index is 13.3. The molecule has 0 aromatic heterocycles. The van der Waals surface area contributed by atoms with Crippen molar-refractivity contribution in [3.63, 3.8) is 0 Å². The summed E-state index contributed by atoms with van der Waals surface area (Å²) in [4.78, 5) is 0. The number of benzene rings is 2. The third-order valence-electron chi connectivity index (χ3n) is 4.29. The SMILES string of the molecule is N#CC1(Cc2ccc(F)c(Cl)c2)CCCc2ccccc21. The molecule has 3 heteroatoms. The van der Waals surface area contributed by atoms with Crippen molar-refractivity contribution < 1.29 is 4.39 Å². The Morgan fingerprint density at radius 2 is 2.05 bits per heavy atom. The molecule has 0 amide bonds. The van der Waals surface area contributed by atoms with Crippen molar-refractivity contribution in [1.29, 1.82) is 5.26 Å². The Labute approximate surface area is 129 Å². The highest BCUT2D eigenvalue weighted by atomic mass is 35.5. The average molecular weight is 300 g/mol. The van der Waals surface area contributed by atoms with Gasteiger partial charge in [-0.3, -0.25) is 0 Å². The van der Waals surface area contributed by atoms with Crippen LogP contribution in [0, 0.1) is 17.1 Å². The van der Waals surface area contributed by atoms with E-state index in [1.807, 2.05) is 18.2 Å². The Hall–Kier alpha value is -1.85. The predicted octanol–water partition coefficient (Wildman–Crippen LogP) is 4.82. The summed E-state index contributed by atoms with van der Waals surface area (Å²) >= 11 is 5.86. The zero-order chi connectivity index (χ0) is 14.9. The molecule has 0 fully saturated rings. The van der Waals surface area contributed by atoms with E-state index in [1.54, 1.807) is 12.1 Å². The van der Waals surface area contributed by atoms with Crippen LogP contribution in [0.5, 0.6) is 0 Å². The van der Waals surface area contributed by atoms with Crippen molar-refractivity contribution in [2.24, 2.45) is 0 Å². The van der Waals surface area contributed by atoms with Crippen LogP contribution in [-0.4, -0.2) is 0 Å². The van der Waals surface area contributed by atoms with Crippen LogP contribution in [-0.2, 0) is 18.3 Å². The summed E-state index contributed by atoms with van der Waals surface area (Å²) in [5, 5.41) is 9.93. The molecule has 0 spiro atoms. The Morgan fingerprint density at radius 1 is 1.24 bits per heavy atom. The van der Waals surface area contributed by atoms with Crippen molar-refractivity contribution in [1.82, 2.24) is 0 Å². The van der Waals surface area contributed by atoms with Gasteiger partial charge in [-0.25, -0.2) is 4.39 Å². The topological polar surface area (TPSA) is 23.8 Å². The van der Waals surface area contributed by atoms with Gasteiger partial charge in [0.2, 0.25) is 0 Å². The van der Waals surface area contributed by atoms with Crippen LogP contribution in [0.4, 0.5) is 4.39 Å². The number of hydrogen-bond acceptors (Lipinski definition) is 1. The van der Waals surface area contributed by atoms with E-state index >= 15 is 0 Å². The summed E-state index contributed by atoms with van der Waals surface area (Å²) in [5.74, 6) is -0.421. The summed E-state index contributed by atoms with van der Waals surface area (Å²) in [5.41, 5.74) is 2.73. The molecule has 0 radical (unpaired) electrons.